The molecule has 0 fully saturated rings. The molecule has 0 radical (unpaired) electrons. The maximum atomic E-state index is 5.32. The summed E-state index contributed by atoms with van der Waals surface area (Å²) in [6.07, 6.45) is 2.25. The van der Waals surface area contributed by atoms with Gasteiger partial charge in [-0.3, -0.25) is 9.67 Å². The molecule has 0 amide bonds. The molecule has 0 aliphatic carbocycles. The number of nitrogens with zero attached hydrogens (tertiary/aromatic N) is 3. The molecule has 4 nitrogen and oxygen atoms in total. The van der Waals surface area contributed by atoms with Crippen LogP contribution in [0.5, 0.6) is 0 Å². The van der Waals surface area contributed by atoms with Gasteiger partial charge in [-0.15, -0.1) is 11.3 Å². The maximum Gasteiger partial charge on any atom is 0.195 e. The topological polar surface area (TPSA) is 46.5 Å². The van der Waals surface area contributed by atoms with Gasteiger partial charge in [-0.1, -0.05) is 27.2 Å². The number of rotatable bonds is 5. The first-order valence-corrected chi connectivity index (χ1v) is 7.90. The molecule has 19 heavy (non-hydrogen) atoms. The molecule has 0 saturated carbocycles. The van der Waals surface area contributed by atoms with E-state index in [-0.39, 0.29) is 0 Å². The van der Waals surface area contributed by atoms with E-state index in [1.807, 2.05) is 6.92 Å². The van der Waals surface area contributed by atoms with Crippen molar-refractivity contribution < 1.29 is 0 Å². The van der Waals surface area contributed by atoms with Crippen LogP contribution in [0.1, 0.15) is 50.2 Å². The minimum Gasteiger partial charge on any atom is -0.299 e. The first kappa shape index (κ1) is 14.4. The van der Waals surface area contributed by atoms with Crippen molar-refractivity contribution in [3.63, 3.8) is 0 Å². The van der Waals surface area contributed by atoms with Crippen molar-refractivity contribution in [2.75, 3.05) is 0 Å². The van der Waals surface area contributed by atoms with E-state index in [2.05, 4.69) is 40.5 Å². The van der Waals surface area contributed by atoms with Crippen LogP contribution in [-0.4, -0.2) is 19.7 Å². The Hall–Kier alpha value is -1.01. The molecule has 6 heteroatoms. The summed E-state index contributed by atoms with van der Waals surface area (Å²) < 4.78 is 2.78. The molecule has 2 rings (SSSR count). The van der Waals surface area contributed by atoms with Crippen LogP contribution in [0.25, 0.3) is 10.7 Å². The Morgan fingerprint density at radius 1 is 1.42 bits per heavy atom. The predicted molar refractivity (Wildman–Crippen MR) is 82.3 cm³/mol. The summed E-state index contributed by atoms with van der Waals surface area (Å²) >= 11 is 7.04. The van der Waals surface area contributed by atoms with Crippen LogP contribution in [-0.2, 0) is 6.54 Å². The quantitative estimate of drug-likeness (QED) is 0.837. The molecule has 2 aromatic rings. The van der Waals surface area contributed by atoms with E-state index in [9.17, 15) is 0 Å². The standard InChI is InChI=1S/C13H20N4S2/c1-5-6-7-17-11(15-16-13(17)18)10-9(4)14-12(19-10)8(2)3/h8H,5-7H2,1-4H3,(H,16,18). The van der Waals surface area contributed by atoms with Gasteiger partial charge >= 0.3 is 0 Å². The molecule has 0 unspecified atom stereocenters. The number of hydrogen-bond donors (Lipinski definition) is 1. The number of aromatic amines is 1. The highest BCUT2D eigenvalue weighted by Gasteiger charge is 2.17. The first-order valence-electron chi connectivity index (χ1n) is 6.67. The summed E-state index contributed by atoms with van der Waals surface area (Å²) in [7, 11) is 0. The first-order chi connectivity index (χ1) is 9.04. The summed E-state index contributed by atoms with van der Waals surface area (Å²) in [4.78, 5) is 5.77. The smallest absolute Gasteiger partial charge is 0.195 e. The van der Waals surface area contributed by atoms with E-state index in [1.165, 1.54) is 0 Å². The zero-order valence-corrected chi connectivity index (χ0v) is 13.5. The average Bonchev–Trinajstić information content (AvgIpc) is 2.90. The monoisotopic (exact) mass is 296 g/mol. The van der Waals surface area contributed by atoms with Crippen LogP contribution in [0.2, 0.25) is 0 Å². The third-order valence-electron chi connectivity index (χ3n) is 3.00. The number of thiazole rings is 1. The second-order valence-electron chi connectivity index (χ2n) is 4.98. The normalized spacial score (nSPS) is 11.4. The van der Waals surface area contributed by atoms with Gasteiger partial charge in [-0.05, 0) is 25.6 Å². The van der Waals surface area contributed by atoms with Gasteiger partial charge in [-0.25, -0.2) is 4.98 Å². The second-order valence-corrected chi connectivity index (χ2v) is 6.40. The lowest BCUT2D eigenvalue weighted by Crippen LogP contribution is -2.00. The molecule has 104 valence electrons. The van der Waals surface area contributed by atoms with Crippen molar-refractivity contribution in [1.29, 1.82) is 0 Å². The van der Waals surface area contributed by atoms with E-state index in [1.54, 1.807) is 11.3 Å². The van der Waals surface area contributed by atoms with Gasteiger partial charge < -0.3 is 0 Å². The minimum atomic E-state index is 0.448. The summed E-state index contributed by atoms with van der Waals surface area (Å²) in [6.45, 7) is 9.46. The Balaban J connectivity index is 2.44. The number of hydrogen-bond acceptors (Lipinski definition) is 4. The highest BCUT2D eigenvalue weighted by molar-refractivity contribution is 7.71. The van der Waals surface area contributed by atoms with Crippen LogP contribution < -0.4 is 0 Å². The minimum absolute atomic E-state index is 0.448. The third-order valence-corrected chi connectivity index (χ3v) is 4.77. The van der Waals surface area contributed by atoms with Crippen molar-refractivity contribution in [2.45, 2.75) is 53.0 Å². The molecule has 1 N–H and O–H groups in total. The van der Waals surface area contributed by atoms with Crippen molar-refractivity contribution in [3.8, 4) is 10.7 Å². The van der Waals surface area contributed by atoms with Gasteiger partial charge in [0.25, 0.3) is 0 Å². The molecule has 0 saturated heterocycles. The van der Waals surface area contributed by atoms with E-state index >= 15 is 0 Å². The van der Waals surface area contributed by atoms with Crippen molar-refractivity contribution in [1.82, 2.24) is 19.7 Å². The van der Waals surface area contributed by atoms with Gasteiger partial charge in [0.2, 0.25) is 0 Å². The van der Waals surface area contributed by atoms with Crippen molar-refractivity contribution >= 4 is 23.6 Å². The molecular formula is C13H20N4S2. The zero-order valence-electron chi connectivity index (χ0n) is 11.9. The predicted octanol–water partition coefficient (Wildman–Crippen LogP) is 4.30. The van der Waals surface area contributed by atoms with E-state index < -0.39 is 0 Å². The summed E-state index contributed by atoms with van der Waals surface area (Å²) in [5.74, 6) is 1.38. The van der Waals surface area contributed by atoms with Gasteiger partial charge in [-0.2, -0.15) is 5.10 Å². The molecule has 0 atom stereocenters. The van der Waals surface area contributed by atoms with Crippen LogP contribution in [0.4, 0.5) is 0 Å². The van der Waals surface area contributed by atoms with Crippen LogP contribution in [0.15, 0.2) is 0 Å². The highest BCUT2D eigenvalue weighted by atomic mass is 32.1. The zero-order chi connectivity index (χ0) is 14.0. The van der Waals surface area contributed by atoms with E-state index in [0.717, 1.165) is 40.8 Å². The number of aromatic nitrogens is 4. The number of aryl methyl sites for hydroxylation is 1. The lowest BCUT2D eigenvalue weighted by molar-refractivity contribution is 0.629. The Morgan fingerprint density at radius 3 is 2.74 bits per heavy atom. The lowest BCUT2D eigenvalue weighted by atomic mass is 10.2. The molecule has 0 aliphatic heterocycles. The van der Waals surface area contributed by atoms with Gasteiger partial charge in [0, 0.05) is 12.5 Å². The van der Waals surface area contributed by atoms with Crippen molar-refractivity contribution in [3.05, 3.63) is 15.5 Å². The fraction of sp³-hybridized carbons (Fsp3) is 0.615. The summed E-state index contributed by atoms with van der Waals surface area (Å²) in [5, 5.41) is 8.45. The highest BCUT2D eigenvalue weighted by Crippen LogP contribution is 2.32. The molecule has 0 aliphatic rings. The molecule has 0 bridgehead atoms. The lowest BCUT2D eigenvalue weighted by Gasteiger charge is -2.04. The fourth-order valence-corrected chi connectivity index (χ4v) is 3.18. The van der Waals surface area contributed by atoms with E-state index in [0.29, 0.717) is 10.7 Å². The second kappa shape index (κ2) is 5.96. The Morgan fingerprint density at radius 2 is 2.16 bits per heavy atom. The molecule has 0 spiro atoms. The molecular weight excluding hydrogens is 276 g/mol. The van der Waals surface area contributed by atoms with Gasteiger partial charge in [0.05, 0.1) is 15.6 Å². The Bertz CT molecular complexity index is 606. The largest absolute Gasteiger partial charge is 0.299 e. The van der Waals surface area contributed by atoms with Crippen LogP contribution >= 0.6 is 23.6 Å². The van der Waals surface area contributed by atoms with Crippen LogP contribution in [0.3, 0.4) is 0 Å². The van der Waals surface area contributed by atoms with E-state index in [4.69, 9.17) is 12.2 Å². The number of unbranched alkanes of at least 4 members (excludes halogenated alkanes) is 1. The molecule has 2 aromatic heterocycles. The van der Waals surface area contributed by atoms with Crippen LogP contribution in [0, 0.1) is 11.7 Å². The van der Waals surface area contributed by atoms with Crippen molar-refractivity contribution in [2.24, 2.45) is 0 Å². The Labute approximate surface area is 122 Å². The average molecular weight is 296 g/mol. The Kier molecular flexibility index (Phi) is 4.52. The van der Waals surface area contributed by atoms with Gasteiger partial charge in [0.1, 0.15) is 0 Å². The van der Waals surface area contributed by atoms with Gasteiger partial charge in [0.15, 0.2) is 10.6 Å². The molecule has 2 heterocycles. The molecule has 0 aromatic carbocycles. The number of nitrogens with one attached hydrogen (secondary N) is 1. The SMILES string of the molecule is CCCCn1c(-c2sc(C(C)C)nc2C)n[nH]c1=S. The fourth-order valence-electron chi connectivity index (χ4n) is 1.89. The number of H-pyrrole nitrogens is 1. The summed E-state index contributed by atoms with van der Waals surface area (Å²) in [6, 6.07) is 0. The maximum absolute atomic E-state index is 5.32. The third kappa shape index (κ3) is 2.95. The summed E-state index contributed by atoms with van der Waals surface area (Å²) in [5.41, 5.74) is 1.04.